The molecule has 2 aromatic carbocycles. The third-order valence-corrected chi connectivity index (χ3v) is 6.97. The van der Waals surface area contributed by atoms with E-state index in [0.29, 0.717) is 4.90 Å². The quantitative estimate of drug-likeness (QED) is 0.826. The number of rotatable bonds is 7. The molecule has 3 rings (SSSR count). The minimum Gasteiger partial charge on any atom is -0.309 e. The maximum Gasteiger partial charge on any atom is 0.242 e. The summed E-state index contributed by atoms with van der Waals surface area (Å²) in [6, 6.07) is 18.0. The summed E-state index contributed by atoms with van der Waals surface area (Å²) < 4.78 is 25.5. The normalized spacial score (nSPS) is 17.4. The Balaban J connectivity index is 1.65. The molecule has 25 heavy (non-hydrogen) atoms. The summed E-state index contributed by atoms with van der Waals surface area (Å²) in [5.41, 5.74) is 2.77. The van der Waals surface area contributed by atoms with Crippen molar-refractivity contribution >= 4 is 10.0 Å². The molecule has 0 bridgehead atoms. The van der Waals surface area contributed by atoms with E-state index >= 15 is 0 Å². The number of sulfonamides is 1. The van der Waals surface area contributed by atoms with E-state index in [1.807, 2.05) is 12.1 Å². The zero-order valence-electron chi connectivity index (χ0n) is 15.1. The fraction of sp³-hybridized carbons (Fsp3) is 0.400. The Hall–Kier alpha value is -1.69. The van der Waals surface area contributed by atoms with Crippen molar-refractivity contribution < 1.29 is 8.42 Å². The van der Waals surface area contributed by atoms with Crippen LogP contribution in [0.5, 0.6) is 0 Å². The lowest BCUT2D eigenvalue weighted by molar-refractivity contribution is 0.509. The van der Waals surface area contributed by atoms with Gasteiger partial charge in [-0.3, -0.25) is 0 Å². The molecule has 1 aliphatic carbocycles. The van der Waals surface area contributed by atoms with Crippen molar-refractivity contribution in [1.29, 1.82) is 0 Å². The van der Waals surface area contributed by atoms with Crippen LogP contribution in [0.4, 0.5) is 0 Å². The monoisotopic (exact) mass is 358 g/mol. The average molecular weight is 359 g/mol. The predicted octanol–water partition coefficient (Wildman–Crippen LogP) is 3.32. The van der Waals surface area contributed by atoms with E-state index in [2.05, 4.69) is 42.6 Å². The molecule has 4 nitrogen and oxygen atoms in total. The van der Waals surface area contributed by atoms with Crippen LogP contribution in [-0.4, -0.2) is 33.4 Å². The van der Waals surface area contributed by atoms with Gasteiger partial charge in [-0.15, -0.1) is 0 Å². The van der Waals surface area contributed by atoms with Crippen LogP contribution in [-0.2, 0) is 15.4 Å². The van der Waals surface area contributed by atoms with E-state index in [1.54, 1.807) is 26.2 Å². The van der Waals surface area contributed by atoms with E-state index in [1.165, 1.54) is 22.7 Å². The van der Waals surface area contributed by atoms with Crippen molar-refractivity contribution in [3.8, 4) is 0 Å². The maximum absolute atomic E-state index is 12.1. The summed E-state index contributed by atoms with van der Waals surface area (Å²) in [4.78, 5) is 0.330. The molecular formula is C20H26N2O2S. The van der Waals surface area contributed by atoms with Crippen LogP contribution in [0.15, 0.2) is 59.5 Å². The fourth-order valence-corrected chi connectivity index (χ4v) is 4.02. The molecule has 0 saturated heterocycles. The van der Waals surface area contributed by atoms with Crippen LogP contribution in [0.1, 0.15) is 36.9 Å². The molecule has 1 fully saturated rings. The summed E-state index contributed by atoms with van der Waals surface area (Å²) in [6.45, 7) is 3.06. The molecule has 0 aromatic heterocycles. The van der Waals surface area contributed by atoms with Gasteiger partial charge in [0, 0.05) is 32.1 Å². The highest BCUT2D eigenvalue weighted by Crippen LogP contribution is 2.47. The molecule has 134 valence electrons. The molecular weight excluding hydrogens is 332 g/mol. The van der Waals surface area contributed by atoms with Crippen LogP contribution in [0.3, 0.4) is 0 Å². The van der Waals surface area contributed by atoms with Crippen molar-refractivity contribution in [3.05, 3.63) is 65.7 Å². The number of nitrogens with zero attached hydrogens (tertiary/aromatic N) is 1. The zero-order valence-corrected chi connectivity index (χ0v) is 15.9. The topological polar surface area (TPSA) is 49.4 Å². The molecule has 1 atom stereocenters. The van der Waals surface area contributed by atoms with Crippen LogP contribution in [0.2, 0.25) is 0 Å². The fourth-order valence-electron chi connectivity index (χ4n) is 3.12. The summed E-state index contributed by atoms with van der Waals surface area (Å²) in [5, 5.41) is 3.62. The van der Waals surface area contributed by atoms with Crippen LogP contribution in [0, 0.1) is 0 Å². The van der Waals surface area contributed by atoms with Crippen molar-refractivity contribution in [1.82, 2.24) is 9.62 Å². The minimum atomic E-state index is -3.37. The standard InChI is InChI=1S/C20H26N2O2S/c1-16(17-9-11-19(12-10-17)25(23,24)22(2)3)21-15-20(13-14-20)18-7-5-4-6-8-18/h4-12,16,21H,13-15H2,1-3H3/t16-/m1/s1. The van der Waals surface area contributed by atoms with Gasteiger partial charge in [-0.1, -0.05) is 42.5 Å². The van der Waals surface area contributed by atoms with Gasteiger partial charge in [-0.05, 0) is 43.0 Å². The van der Waals surface area contributed by atoms with E-state index in [9.17, 15) is 8.42 Å². The molecule has 5 heteroatoms. The second kappa shape index (κ2) is 6.90. The SMILES string of the molecule is C[C@@H](NCC1(c2ccccc2)CC1)c1ccc(S(=O)(=O)N(C)C)cc1. The predicted molar refractivity (Wildman–Crippen MR) is 101 cm³/mol. The van der Waals surface area contributed by atoms with Gasteiger partial charge in [-0.25, -0.2) is 12.7 Å². The van der Waals surface area contributed by atoms with E-state index in [-0.39, 0.29) is 11.5 Å². The Morgan fingerprint density at radius 1 is 1.04 bits per heavy atom. The van der Waals surface area contributed by atoms with E-state index in [0.717, 1.165) is 12.1 Å². The second-order valence-electron chi connectivity index (χ2n) is 7.11. The van der Waals surface area contributed by atoms with Crippen molar-refractivity contribution in [2.24, 2.45) is 0 Å². The molecule has 2 aromatic rings. The van der Waals surface area contributed by atoms with Gasteiger partial charge in [-0.2, -0.15) is 0 Å². The first-order valence-corrected chi connectivity index (χ1v) is 10.1. The van der Waals surface area contributed by atoms with E-state index in [4.69, 9.17) is 0 Å². The Kier molecular flexibility index (Phi) is 5.00. The lowest BCUT2D eigenvalue weighted by atomic mass is 9.95. The summed E-state index contributed by atoms with van der Waals surface area (Å²) >= 11 is 0. The first kappa shape index (κ1) is 18.1. The van der Waals surface area contributed by atoms with Gasteiger partial charge in [0.2, 0.25) is 10.0 Å². The number of hydrogen-bond donors (Lipinski definition) is 1. The van der Waals surface area contributed by atoms with Gasteiger partial charge in [0.15, 0.2) is 0 Å². The highest BCUT2D eigenvalue weighted by molar-refractivity contribution is 7.89. The molecule has 1 N–H and O–H groups in total. The van der Waals surface area contributed by atoms with Gasteiger partial charge in [0.05, 0.1) is 4.90 Å². The molecule has 1 saturated carbocycles. The number of hydrogen-bond acceptors (Lipinski definition) is 3. The van der Waals surface area contributed by atoms with E-state index < -0.39 is 10.0 Å². The third-order valence-electron chi connectivity index (χ3n) is 5.15. The van der Waals surface area contributed by atoms with Crippen molar-refractivity contribution in [2.75, 3.05) is 20.6 Å². The van der Waals surface area contributed by atoms with Crippen LogP contribution in [0.25, 0.3) is 0 Å². The molecule has 1 aliphatic rings. The molecule has 0 radical (unpaired) electrons. The molecule has 0 unspecified atom stereocenters. The lowest BCUT2D eigenvalue weighted by Gasteiger charge is -2.21. The highest BCUT2D eigenvalue weighted by Gasteiger charge is 2.43. The van der Waals surface area contributed by atoms with Gasteiger partial charge >= 0.3 is 0 Å². The van der Waals surface area contributed by atoms with Gasteiger partial charge < -0.3 is 5.32 Å². The van der Waals surface area contributed by atoms with Crippen LogP contribution >= 0.6 is 0 Å². The second-order valence-corrected chi connectivity index (χ2v) is 9.26. The highest BCUT2D eigenvalue weighted by atomic mass is 32.2. The molecule has 0 heterocycles. The summed E-state index contributed by atoms with van der Waals surface area (Å²) in [7, 11) is -0.273. The average Bonchev–Trinajstić information content (AvgIpc) is 3.41. The first-order valence-electron chi connectivity index (χ1n) is 8.67. The largest absolute Gasteiger partial charge is 0.309 e. The number of benzene rings is 2. The molecule has 0 amide bonds. The third kappa shape index (κ3) is 3.78. The Labute approximate surface area is 150 Å². The zero-order chi connectivity index (χ0) is 18.1. The van der Waals surface area contributed by atoms with Crippen LogP contribution < -0.4 is 5.32 Å². The molecule has 0 aliphatic heterocycles. The van der Waals surface area contributed by atoms with Crippen molar-refractivity contribution in [3.63, 3.8) is 0 Å². The molecule has 0 spiro atoms. The van der Waals surface area contributed by atoms with Gasteiger partial charge in [0.1, 0.15) is 0 Å². The first-order chi connectivity index (χ1) is 11.8. The summed E-state index contributed by atoms with van der Waals surface area (Å²) in [5.74, 6) is 0. The van der Waals surface area contributed by atoms with Gasteiger partial charge in [0.25, 0.3) is 0 Å². The smallest absolute Gasteiger partial charge is 0.242 e. The Bertz CT molecular complexity index is 811. The maximum atomic E-state index is 12.1. The lowest BCUT2D eigenvalue weighted by Crippen LogP contribution is -2.29. The Morgan fingerprint density at radius 2 is 1.64 bits per heavy atom. The number of nitrogens with one attached hydrogen (secondary N) is 1. The Morgan fingerprint density at radius 3 is 2.16 bits per heavy atom. The van der Waals surface area contributed by atoms with Crippen molar-refractivity contribution in [2.45, 2.75) is 36.1 Å². The minimum absolute atomic E-state index is 0.178. The summed E-state index contributed by atoms with van der Waals surface area (Å²) in [6.07, 6.45) is 2.44.